The van der Waals surface area contributed by atoms with Crippen LogP contribution < -0.4 is 21.1 Å². The van der Waals surface area contributed by atoms with Crippen molar-refractivity contribution in [1.29, 1.82) is 0 Å². The lowest BCUT2D eigenvalue weighted by Crippen LogP contribution is -2.42. The molecular weight excluding hydrogens is 354 g/mol. The highest BCUT2D eigenvalue weighted by Gasteiger charge is 2.20. The molecule has 2 amide bonds. The zero-order chi connectivity index (χ0) is 18.1. The Morgan fingerprint density at radius 3 is 2.46 bits per heavy atom. The molecule has 146 valence electrons. The van der Waals surface area contributed by atoms with Gasteiger partial charge in [0, 0.05) is 18.7 Å². The third-order valence-corrected chi connectivity index (χ3v) is 4.48. The van der Waals surface area contributed by atoms with Crippen molar-refractivity contribution in [3.63, 3.8) is 0 Å². The normalized spacial score (nSPS) is 15.5. The Bertz CT molecular complexity index is 560. The van der Waals surface area contributed by atoms with E-state index in [0.717, 1.165) is 12.8 Å². The van der Waals surface area contributed by atoms with Crippen molar-refractivity contribution in [2.45, 2.75) is 51.5 Å². The molecule has 2 rings (SSSR count). The molecule has 6 nitrogen and oxygen atoms in total. The van der Waals surface area contributed by atoms with Crippen molar-refractivity contribution in [3.05, 3.63) is 24.3 Å². The summed E-state index contributed by atoms with van der Waals surface area (Å²) in [6.45, 7) is 2.61. The number of nitrogens with one attached hydrogen (secondary N) is 2. The standard InChI is InChI=1S/C19H29N3O3.ClH/c1-14(21-18(23)13-15-5-3-2-4-6-15)19(24)22-16-7-9-17(10-8-16)25-12-11-20;/h7-10,14-15H,2-6,11-13,20H2,1H3,(H,21,23)(H,22,24);1H. The number of anilines is 1. The summed E-state index contributed by atoms with van der Waals surface area (Å²) in [5.41, 5.74) is 6.05. The summed E-state index contributed by atoms with van der Waals surface area (Å²) in [6, 6.07) is 6.51. The first-order chi connectivity index (χ1) is 12.1. The summed E-state index contributed by atoms with van der Waals surface area (Å²) in [7, 11) is 0. The molecule has 1 saturated carbocycles. The smallest absolute Gasteiger partial charge is 0.246 e. The van der Waals surface area contributed by atoms with Gasteiger partial charge in [0.25, 0.3) is 0 Å². The molecule has 0 aliphatic heterocycles. The van der Waals surface area contributed by atoms with Crippen LogP contribution in [0.3, 0.4) is 0 Å². The van der Waals surface area contributed by atoms with Crippen LogP contribution in [0.4, 0.5) is 5.69 Å². The van der Waals surface area contributed by atoms with E-state index in [9.17, 15) is 9.59 Å². The molecule has 0 bridgehead atoms. The highest BCUT2D eigenvalue weighted by molar-refractivity contribution is 5.96. The number of ether oxygens (including phenoxy) is 1. The maximum absolute atomic E-state index is 12.2. The Kier molecular flexibility index (Phi) is 10.1. The van der Waals surface area contributed by atoms with Crippen molar-refractivity contribution >= 4 is 29.9 Å². The second-order valence-corrected chi connectivity index (χ2v) is 6.65. The van der Waals surface area contributed by atoms with Gasteiger partial charge in [-0.15, -0.1) is 12.4 Å². The van der Waals surface area contributed by atoms with E-state index < -0.39 is 6.04 Å². The van der Waals surface area contributed by atoms with Crippen LogP contribution in [0.2, 0.25) is 0 Å². The lowest BCUT2D eigenvalue weighted by Gasteiger charge is -2.22. The van der Waals surface area contributed by atoms with Crippen LogP contribution in [-0.2, 0) is 9.59 Å². The SMILES string of the molecule is CC(NC(=O)CC1CCCCC1)C(=O)Nc1ccc(OCCN)cc1.Cl. The van der Waals surface area contributed by atoms with Gasteiger partial charge in [-0.25, -0.2) is 0 Å². The predicted octanol–water partition coefficient (Wildman–Crippen LogP) is 2.86. The van der Waals surface area contributed by atoms with Crippen molar-refractivity contribution in [2.24, 2.45) is 11.7 Å². The third-order valence-electron chi connectivity index (χ3n) is 4.48. The minimum atomic E-state index is -0.566. The number of benzene rings is 1. The Hall–Kier alpha value is -1.79. The van der Waals surface area contributed by atoms with Crippen LogP contribution in [-0.4, -0.2) is 31.0 Å². The van der Waals surface area contributed by atoms with Crippen LogP contribution in [0.15, 0.2) is 24.3 Å². The molecule has 0 heterocycles. The molecule has 0 radical (unpaired) electrons. The Labute approximate surface area is 161 Å². The third kappa shape index (κ3) is 7.62. The quantitative estimate of drug-likeness (QED) is 0.643. The predicted molar refractivity (Wildman–Crippen MR) is 106 cm³/mol. The van der Waals surface area contributed by atoms with Gasteiger partial charge >= 0.3 is 0 Å². The number of carbonyl (C=O) groups excluding carboxylic acids is 2. The van der Waals surface area contributed by atoms with Crippen LogP contribution in [0.5, 0.6) is 5.75 Å². The number of halogens is 1. The molecule has 1 aromatic carbocycles. The zero-order valence-corrected chi connectivity index (χ0v) is 16.1. The molecule has 4 N–H and O–H groups in total. The van der Waals surface area contributed by atoms with Gasteiger partial charge in [0.2, 0.25) is 11.8 Å². The molecule has 0 aromatic heterocycles. The van der Waals surface area contributed by atoms with Crippen molar-refractivity contribution in [3.8, 4) is 5.75 Å². The molecular formula is C19H30ClN3O3. The highest BCUT2D eigenvalue weighted by atomic mass is 35.5. The molecule has 1 fully saturated rings. The number of rotatable bonds is 8. The molecule has 1 atom stereocenters. The van der Waals surface area contributed by atoms with E-state index in [4.69, 9.17) is 10.5 Å². The van der Waals surface area contributed by atoms with Gasteiger partial charge < -0.3 is 21.1 Å². The molecule has 7 heteroatoms. The zero-order valence-electron chi connectivity index (χ0n) is 15.3. The highest BCUT2D eigenvalue weighted by Crippen LogP contribution is 2.26. The van der Waals surface area contributed by atoms with Gasteiger partial charge in [-0.05, 0) is 49.9 Å². The number of hydrogen-bond acceptors (Lipinski definition) is 4. The summed E-state index contributed by atoms with van der Waals surface area (Å²) >= 11 is 0. The summed E-state index contributed by atoms with van der Waals surface area (Å²) < 4.78 is 5.39. The maximum Gasteiger partial charge on any atom is 0.246 e. The van der Waals surface area contributed by atoms with Crippen LogP contribution >= 0.6 is 12.4 Å². The number of carbonyl (C=O) groups is 2. The molecule has 26 heavy (non-hydrogen) atoms. The number of nitrogens with two attached hydrogens (primary N) is 1. The van der Waals surface area contributed by atoms with Gasteiger partial charge in [0.05, 0.1) is 0 Å². The lowest BCUT2D eigenvalue weighted by atomic mass is 9.87. The number of hydrogen-bond donors (Lipinski definition) is 3. The van der Waals surface area contributed by atoms with Crippen LogP contribution in [0.1, 0.15) is 45.4 Å². The van der Waals surface area contributed by atoms with Gasteiger partial charge in [-0.3, -0.25) is 9.59 Å². The fraction of sp³-hybridized carbons (Fsp3) is 0.579. The summed E-state index contributed by atoms with van der Waals surface area (Å²) in [4.78, 5) is 24.3. The van der Waals surface area contributed by atoms with E-state index in [0.29, 0.717) is 36.9 Å². The second-order valence-electron chi connectivity index (χ2n) is 6.65. The van der Waals surface area contributed by atoms with Gasteiger partial charge in [-0.1, -0.05) is 19.3 Å². The first kappa shape index (κ1) is 22.3. The molecule has 1 aromatic rings. The minimum absolute atomic E-state index is 0. The molecule has 1 aliphatic carbocycles. The van der Waals surface area contributed by atoms with E-state index in [1.807, 2.05) is 0 Å². The molecule has 1 unspecified atom stereocenters. The van der Waals surface area contributed by atoms with Crippen LogP contribution in [0, 0.1) is 5.92 Å². The molecule has 0 saturated heterocycles. The lowest BCUT2D eigenvalue weighted by molar-refractivity contribution is -0.126. The Morgan fingerprint density at radius 1 is 1.19 bits per heavy atom. The maximum atomic E-state index is 12.2. The first-order valence-electron chi connectivity index (χ1n) is 9.11. The second kappa shape index (κ2) is 11.8. The van der Waals surface area contributed by atoms with Gasteiger partial charge in [0.15, 0.2) is 0 Å². The minimum Gasteiger partial charge on any atom is -0.492 e. The fourth-order valence-electron chi connectivity index (χ4n) is 3.08. The van der Waals surface area contributed by atoms with Crippen molar-refractivity contribution < 1.29 is 14.3 Å². The van der Waals surface area contributed by atoms with Crippen LogP contribution in [0.25, 0.3) is 0 Å². The average molecular weight is 384 g/mol. The number of amides is 2. The molecule has 1 aliphatic rings. The summed E-state index contributed by atoms with van der Waals surface area (Å²) in [5, 5.41) is 5.60. The average Bonchev–Trinajstić information content (AvgIpc) is 2.61. The Morgan fingerprint density at radius 2 is 1.85 bits per heavy atom. The van der Waals surface area contributed by atoms with E-state index >= 15 is 0 Å². The van der Waals surface area contributed by atoms with E-state index in [1.165, 1.54) is 19.3 Å². The van der Waals surface area contributed by atoms with Gasteiger partial charge in [0.1, 0.15) is 18.4 Å². The first-order valence-corrected chi connectivity index (χ1v) is 9.11. The van der Waals surface area contributed by atoms with Crippen molar-refractivity contribution in [2.75, 3.05) is 18.5 Å². The fourth-order valence-corrected chi connectivity index (χ4v) is 3.08. The largest absolute Gasteiger partial charge is 0.492 e. The summed E-state index contributed by atoms with van der Waals surface area (Å²) in [5.74, 6) is 0.898. The topological polar surface area (TPSA) is 93.5 Å². The van der Waals surface area contributed by atoms with Crippen molar-refractivity contribution in [1.82, 2.24) is 5.32 Å². The van der Waals surface area contributed by atoms with Gasteiger partial charge in [-0.2, -0.15) is 0 Å². The molecule has 0 spiro atoms. The summed E-state index contributed by atoms with van der Waals surface area (Å²) in [6.07, 6.45) is 6.44. The van der Waals surface area contributed by atoms with E-state index in [2.05, 4.69) is 10.6 Å². The monoisotopic (exact) mass is 383 g/mol. The van der Waals surface area contributed by atoms with E-state index in [1.54, 1.807) is 31.2 Å². The van der Waals surface area contributed by atoms with E-state index in [-0.39, 0.29) is 24.2 Å². The Balaban J connectivity index is 0.00000338.